The summed E-state index contributed by atoms with van der Waals surface area (Å²) in [5.41, 5.74) is 0.777. The summed E-state index contributed by atoms with van der Waals surface area (Å²) in [6.07, 6.45) is 0. The number of nitrogens with zero attached hydrogens (tertiary/aromatic N) is 3. The van der Waals surface area contributed by atoms with Crippen LogP contribution in [-0.4, -0.2) is 50.4 Å². The summed E-state index contributed by atoms with van der Waals surface area (Å²) in [5, 5.41) is 0.436. The van der Waals surface area contributed by atoms with E-state index in [-0.39, 0.29) is 10.8 Å². The molecule has 4 rings (SSSR count). The van der Waals surface area contributed by atoms with E-state index in [1.807, 2.05) is 12.1 Å². The molecule has 0 unspecified atom stereocenters. The van der Waals surface area contributed by atoms with E-state index < -0.39 is 10.0 Å². The lowest BCUT2D eigenvalue weighted by atomic mass is 10.1. The Morgan fingerprint density at radius 1 is 0.903 bits per heavy atom. The van der Waals surface area contributed by atoms with Gasteiger partial charge >= 0.3 is 0 Å². The number of benzene rings is 2. The first-order valence-corrected chi connectivity index (χ1v) is 11.6. The fourth-order valence-corrected chi connectivity index (χ4v) is 4.65. The van der Waals surface area contributed by atoms with Crippen LogP contribution in [0.2, 0.25) is 5.15 Å². The van der Waals surface area contributed by atoms with Crippen molar-refractivity contribution >= 4 is 39.0 Å². The van der Waals surface area contributed by atoms with Gasteiger partial charge in [-0.1, -0.05) is 41.9 Å². The highest BCUT2D eigenvalue weighted by Gasteiger charge is 2.23. The number of halogens is 1. The molecule has 7 nitrogen and oxygen atoms in total. The van der Waals surface area contributed by atoms with Gasteiger partial charge in [-0.05, 0) is 42.5 Å². The Labute approximate surface area is 186 Å². The van der Waals surface area contributed by atoms with E-state index in [9.17, 15) is 13.2 Å². The number of pyridine rings is 1. The van der Waals surface area contributed by atoms with Crippen molar-refractivity contribution in [1.29, 1.82) is 0 Å². The number of anilines is 2. The Bertz CT molecular complexity index is 1180. The lowest BCUT2D eigenvalue weighted by Gasteiger charge is -2.35. The smallest absolute Gasteiger partial charge is 0.261 e. The summed E-state index contributed by atoms with van der Waals surface area (Å²) >= 11 is 5.97. The van der Waals surface area contributed by atoms with Crippen LogP contribution in [0.25, 0.3) is 0 Å². The maximum Gasteiger partial charge on any atom is 0.261 e. The van der Waals surface area contributed by atoms with Gasteiger partial charge in [0.1, 0.15) is 11.0 Å². The number of aromatic nitrogens is 1. The molecule has 1 fully saturated rings. The molecule has 31 heavy (non-hydrogen) atoms. The van der Waals surface area contributed by atoms with Crippen molar-refractivity contribution < 1.29 is 13.2 Å². The fraction of sp³-hybridized carbons (Fsp3) is 0.182. The highest BCUT2D eigenvalue weighted by molar-refractivity contribution is 7.92. The molecule has 0 spiro atoms. The minimum Gasteiger partial charge on any atom is -0.353 e. The van der Waals surface area contributed by atoms with Crippen molar-refractivity contribution in [2.45, 2.75) is 4.90 Å². The number of amides is 1. The summed E-state index contributed by atoms with van der Waals surface area (Å²) in [6, 6.07) is 20.1. The van der Waals surface area contributed by atoms with Crippen molar-refractivity contribution in [3.8, 4) is 0 Å². The van der Waals surface area contributed by atoms with Crippen LogP contribution in [0.15, 0.2) is 77.7 Å². The summed E-state index contributed by atoms with van der Waals surface area (Å²) in [5.74, 6) is 0.649. The summed E-state index contributed by atoms with van der Waals surface area (Å²) in [6.45, 7) is 2.35. The molecule has 2 aromatic carbocycles. The van der Waals surface area contributed by atoms with Crippen LogP contribution in [0.4, 0.5) is 11.5 Å². The van der Waals surface area contributed by atoms with Crippen LogP contribution in [0.5, 0.6) is 0 Å². The van der Waals surface area contributed by atoms with Crippen molar-refractivity contribution in [3.05, 3.63) is 83.5 Å². The second-order valence-corrected chi connectivity index (χ2v) is 9.17. The first-order valence-electron chi connectivity index (χ1n) is 9.77. The Hall–Kier alpha value is -3.10. The van der Waals surface area contributed by atoms with Crippen LogP contribution >= 0.6 is 11.6 Å². The summed E-state index contributed by atoms with van der Waals surface area (Å²) in [7, 11) is -3.72. The third-order valence-corrected chi connectivity index (χ3v) is 6.61. The first kappa shape index (κ1) is 21.1. The predicted octanol–water partition coefficient (Wildman–Crippen LogP) is 3.50. The minimum atomic E-state index is -3.72. The summed E-state index contributed by atoms with van der Waals surface area (Å²) in [4.78, 5) is 21.3. The van der Waals surface area contributed by atoms with Crippen molar-refractivity contribution in [2.24, 2.45) is 0 Å². The molecule has 1 aromatic heterocycles. The van der Waals surface area contributed by atoms with Crippen LogP contribution in [0.1, 0.15) is 10.4 Å². The molecule has 1 saturated heterocycles. The van der Waals surface area contributed by atoms with Gasteiger partial charge in [-0.25, -0.2) is 13.4 Å². The van der Waals surface area contributed by atoms with Crippen LogP contribution < -0.4 is 9.62 Å². The normalized spacial score (nSPS) is 14.4. The molecule has 0 atom stereocenters. The zero-order chi connectivity index (χ0) is 21.8. The fourth-order valence-electron chi connectivity index (χ4n) is 3.42. The van der Waals surface area contributed by atoms with E-state index in [4.69, 9.17) is 11.6 Å². The van der Waals surface area contributed by atoms with Crippen LogP contribution in [-0.2, 0) is 10.0 Å². The van der Waals surface area contributed by atoms with Gasteiger partial charge in [0.05, 0.1) is 4.90 Å². The number of hydrogen-bond acceptors (Lipinski definition) is 5. The highest BCUT2D eigenvalue weighted by Crippen LogP contribution is 2.20. The van der Waals surface area contributed by atoms with Gasteiger partial charge in [-0.2, -0.15) is 0 Å². The molecule has 0 aliphatic carbocycles. The van der Waals surface area contributed by atoms with Crippen molar-refractivity contribution in [2.75, 3.05) is 35.8 Å². The van der Waals surface area contributed by atoms with Gasteiger partial charge in [-0.3, -0.25) is 9.52 Å². The molecule has 2 heterocycles. The maximum atomic E-state index is 13.0. The third-order valence-electron chi connectivity index (χ3n) is 5.01. The molecule has 1 aliphatic rings. The predicted molar refractivity (Wildman–Crippen MR) is 121 cm³/mol. The average molecular weight is 457 g/mol. The van der Waals surface area contributed by atoms with E-state index in [1.54, 1.807) is 53.4 Å². The van der Waals surface area contributed by atoms with E-state index in [2.05, 4.69) is 14.6 Å². The lowest BCUT2D eigenvalue weighted by Crippen LogP contribution is -2.49. The standard InChI is InChI=1S/C22H21ClN4O3S/c23-20-10-5-11-21(24-20)26-12-14-27(15-13-26)22(28)17-6-4-7-18(16-17)25-31(29,30)19-8-2-1-3-9-19/h1-11,16,25H,12-15H2. The SMILES string of the molecule is O=C(c1cccc(NS(=O)(=O)c2ccccc2)c1)N1CCN(c2cccc(Cl)n2)CC1. The zero-order valence-electron chi connectivity index (χ0n) is 16.6. The number of sulfonamides is 1. The monoisotopic (exact) mass is 456 g/mol. The Balaban J connectivity index is 1.43. The quantitative estimate of drug-likeness (QED) is 0.594. The molecule has 1 N–H and O–H groups in total. The molecule has 0 radical (unpaired) electrons. The largest absolute Gasteiger partial charge is 0.353 e. The van der Waals surface area contributed by atoms with Gasteiger partial charge < -0.3 is 9.80 Å². The summed E-state index contributed by atoms with van der Waals surface area (Å²) < 4.78 is 27.6. The average Bonchev–Trinajstić information content (AvgIpc) is 2.79. The van der Waals surface area contributed by atoms with Gasteiger partial charge in [0.25, 0.3) is 15.9 Å². The third kappa shape index (κ3) is 4.98. The van der Waals surface area contributed by atoms with Crippen molar-refractivity contribution in [3.63, 3.8) is 0 Å². The van der Waals surface area contributed by atoms with E-state index >= 15 is 0 Å². The molecule has 160 valence electrons. The topological polar surface area (TPSA) is 82.6 Å². The van der Waals surface area contributed by atoms with Gasteiger partial charge in [0.2, 0.25) is 0 Å². The van der Waals surface area contributed by atoms with Gasteiger partial charge in [0, 0.05) is 37.4 Å². The van der Waals surface area contributed by atoms with Crippen LogP contribution in [0, 0.1) is 0 Å². The Kier molecular flexibility index (Phi) is 6.11. The number of rotatable bonds is 5. The molecule has 9 heteroatoms. The molecule has 0 saturated carbocycles. The molecular weight excluding hydrogens is 436 g/mol. The van der Waals surface area contributed by atoms with Gasteiger partial charge in [-0.15, -0.1) is 0 Å². The van der Waals surface area contributed by atoms with E-state index in [1.165, 1.54) is 12.1 Å². The number of piperazine rings is 1. The molecule has 1 amide bonds. The maximum absolute atomic E-state index is 13.0. The second kappa shape index (κ2) is 8.95. The molecule has 1 aliphatic heterocycles. The van der Waals surface area contributed by atoms with E-state index in [0.717, 1.165) is 5.82 Å². The number of carbonyl (C=O) groups is 1. The molecular formula is C22H21ClN4O3S. The van der Waals surface area contributed by atoms with Crippen molar-refractivity contribution in [1.82, 2.24) is 9.88 Å². The van der Waals surface area contributed by atoms with E-state index in [0.29, 0.717) is 42.6 Å². The lowest BCUT2D eigenvalue weighted by molar-refractivity contribution is 0.0746. The van der Waals surface area contributed by atoms with Gasteiger partial charge in [0.15, 0.2) is 0 Å². The number of hydrogen-bond donors (Lipinski definition) is 1. The van der Waals surface area contributed by atoms with Crippen LogP contribution in [0.3, 0.4) is 0 Å². The Morgan fingerprint density at radius 2 is 1.61 bits per heavy atom. The number of nitrogens with one attached hydrogen (secondary N) is 1. The zero-order valence-corrected chi connectivity index (χ0v) is 18.2. The molecule has 0 bridgehead atoms. The first-order chi connectivity index (χ1) is 14.9. The second-order valence-electron chi connectivity index (χ2n) is 7.10. The Morgan fingerprint density at radius 3 is 2.32 bits per heavy atom. The minimum absolute atomic E-state index is 0.139. The molecule has 3 aromatic rings. The number of carbonyl (C=O) groups excluding carboxylic acids is 1. The highest BCUT2D eigenvalue weighted by atomic mass is 35.5.